The van der Waals surface area contributed by atoms with Gasteiger partial charge in [-0.1, -0.05) is 0 Å². The molecule has 0 radical (unpaired) electrons. The van der Waals surface area contributed by atoms with Crippen molar-refractivity contribution in [3.8, 4) is 0 Å². The van der Waals surface area contributed by atoms with Crippen LogP contribution < -0.4 is 0 Å². The molecule has 1 aromatic rings. The van der Waals surface area contributed by atoms with E-state index >= 15 is 0 Å². The Kier molecular flexibility index (Phi) is 4.21. The summed E-state index contributed by atoms with van der Waals surface area (Å²) in [6, 6.07) is 0.916. The zero-order valence-electron chi connectivity index (χ0n) is 7.18. The van der Waals surface area contributed by atoms with Crippen molar-refractivity contribution in [3.63, 3.8) is 0 Å². The molecule has 1 rings (SSSR count). The summed E-state index contributed by atoms with van der Waals surface area (Å²) in [5.74, 6) is -1.43. The number of aromatic carboxylic acids is 1. The van der Waals surface area contributed by atoms with E-state index in [1.807, 2.05) is 0 Å². The quantitative estimate of drug-likeness (QED) is 0.519. The van der Waals surface area contributed by atoms with Crippen LogP contribution >= 0.6 is 34.2 Å². The molecule has 0 aliphatic rings. The second-order valence-corrected chi connectivity index (χ2v) is 3.89. The predicted octanol–water partition coefficient (Wildman–Crippen LogP) is 3.06. The molecular weight excluding hydrogens is 342 g/mol. The third kappa shape index (κ3) is 2.75. The summed E-state index contributed by atoms with van der Waals surface area (Å²) < 4.78 is 24.9. The zero-order valence-corrected chi connectivity index (χ0v) is 10.1. The molecule has 0 saturated heterocycles. The first-order valence-corrected chi connectivity index (χ1v) is 5.35. The van der Waals surface area contributed by atoms with Gasteiger partial charge in [0.2, 0.25) is 0 Å². The fraction of sp³-hybridized carbons (Fsp3) is 0.250. The largest absolute Gasteiger partial charge is 0.478 e. The molecule has 82 valence electrons. The van der Waals surface area contributed by atoms with E-state index in [9.17, 15) is 13.6 Å². The van der Waals surface area contributed by atoms with Gasteiger partial charge >= 0.3 is 5.97 Å². The van der Waals surface area contributed by atoms with Crippen LogP contribution in [0.4, 0.5) is 8.78 Å². The summed E-state index contributed by atoms with van der Waals surface area (Å²) in [5.41, 5.74) is -0.569. The lowest BCUT2D eigenvalue weighted by atomic mass is 10.1. The van der Waals surface area contributed by atoms with Crippen LogP contribution in [0, 0.1) is 3.70 Å². The van der Waals surface area contributed by atoms with E-state index in [-0.39, 0.29) is 26.4 Å². The van der Waals surface area contributed by atoms with Crippen LogP contribution in [0.3, 0.4) is 0 Å². The highest BCUT2D eigenvalue weighted by Crippen LogP contribution is 2.26. The maximum Gasteiger partial charge on any atom is 0.337 e. The number of carboxylic acids is 1. The highest BCUT2D eigenvalue weighted by molar-refractivity contribution is 14.1. The number of nitrogens with zero attached hydrogens (tertiary/aromatic N) is 1. The molecule has 0 aromatic carbocycles. The van der Waals surface area contributed by atoms with Gasteiger partial charge in [0.25, 0.3) is 6.43 Å². The van der Waals surface area contributed by atoms with Crippen molar-refractivity contribution in [1.82, 2.24) is 4.98 Å². The highest BCUT2D eigenvalue weighted by atomic mass is 127. The lowest BCUT2D eigenvalue weighted by Crippen LogP contribution is -2.07. The number of carbonyl (C=O) groups is 1. The van der Waals surface area contributed by atoms with Crippen LogP contribution in [0.5, 0.6) is 0 Å². The topological polar surface area (TPSA) is 50.2 Å². The van der Waals surface area contributed by atoms with Gasteiger partial charge in [-0.2, -0.15) is 0 Å². The van der Waals surface area contributed by atoms with Gasteiger partial charge in [0, 0.05) is 0 Å². The van der Waals surface area contributed by atoms with E-state index in [2.05, 4.69) is 4.98 Å². The Hall–Kier alpha value is -0.500. The average molecular weight is 347 g/mol. The first-order valence-electron chi connectivity index (χ1n) is 3.74. The van der Waals surface area contributed by atoms with Gasteiger partial charge in [-0.3, -0.25) is 0 Å². The second-order valence-electron chi connectivity index (χ2n) is 2.60. The highest BCUT2D eigenvalue weighted by Gasteiger charge is 2.19. The SMILES string of the molecule is O=C(O)c1cc(C(F)F)c(I)nc1CCl. The predicted molar refractivity (Wildman–Crippen MR) is 58.4 cm³/mol. The molecule has 15 heavy (non-hydrogen) atoms. The molecular formula is C8H5ClF2INO2. The Bertz CT molecular complexity index is 400. The Morgan fingerprint density at radius 3 is 2.67 bits per heavy atom. The van der Waals surface area contributed by atoms with E-state index < -0.39 is 12.4 Å². The van der Waals surface area contributed by atoms with Crippen LogP contribution in [-0.4, -0.2) is 16.1 Å². The van der Waals surface area contributed by atoms with Gasteiger partial charge < -0.3 is 5.11 Å². The molecule has 0 aliphatic heterocycles. The summed E-state index contributed by atoms with van der Waals surface area (Å²) in [6.45, 7) is 0. The monoisotopic (exact) mass is 347 g/mol. The molecule has 0 bridgehead atoms. The van der Waals surface area contributed by atoms with Crippen LogP contribution in [0.15, 0.2) is 6.07 Å². The zero-order chi connectivity index (χ0) is 11.6. The van der Waals surface area contributed by atoms with E-state index in [4.69, 9.17) is 16.7 Å². The van der Waals surface area contributed by atoms with Crippen molar-refractivity contribution in [2.24, 2.45) is 0 Å². The number of rotatable bonds is 3. The molecule has 0 amide bonds. The summed E-state index contributed by atoms with van der Waals surface area (Å²) in [7, 11) is 0. The van der Waals surface area contributed by atoms with Crippen molar-refractivity contribution >= 4 is 40.2 Å². The maximum absolute atomic E-state index is 12.4. The molecule has 1 N–H and O–H groups in total. The second kappa shape index (κ2) is 5.02. The van der Waals surface area contributed by atoms with Crippen molar-refractivity contribution in [2.45, 2.75) is 12.3 Å². The third-order valence-electron chi connectivity index (χ3n) is 1.67. The molecule has 0 saturated carbocycles. The minimum absolute atomic E-state index is 0.0725. The van der Waals surface area contributed by atoms with Crippen molar-refractivity contribution in [2.75, 3.05) is 0 Å². The molecule has 7 heteroatoms. The molecule has 0 aliphatic carbocycles. The Labute approximate surface area is 103 Å². The lowest BCUT2D eigenvalue weighted by molar-refractivity contribution is 0.0695. The Balaban J connectivity index is 3.37. The number of alkyl halides is 3. The summed E-state index contributed by atoms with van der Waals surface area (Å²) >= 11 is 7.09. The third-order valence-corrected chi connectivity index (χ3v) is 2.79. The number of halogens is 4. The van der Waals surface area contributed by atoms with Gasteiger partial charge in [-0.25, -0.2) is 18.6 Å². The average Bonchev–Trinajstić information content (AvgIpc) is 2.16. The standard InChI is InChI=1S/C8H5ClF2INO2/c9-2-5-3(8(14)15)1-4(6(10)11)7(12)13-5/h1,6H,2H2,(H,14,15). The number of pyridine rings is 1. The van der Waals surface area contributed by atoms with Crippen LogP contribution in [-0.2, 0) is 5.88 Å². The minimum atomic E-state index is -2.74. The molecule has 1 aromatic heterocycles. The van der Waals surface area contributed by atoms with Crippen LogP contribution in [0.25, 0.3) is 0 Å². The molecule has 3 nitrogen and oxygen atoms in total. The molecule has 0 fully saturated rings. The fourth-order valence-electron chi connectivity index (χ4n) is 0.982. The van der Waals surface area contributed by atoms with Gasteiger partial charge in [-0.15, -0.1) is 11.6 Å². The van der Waals surface area contributed by atoms with E-state index in [0.717, 1.165) is 6.07 Å². The smallest absolute Gasteiger partial charge is 0.337 e. The van der Waals surface area contributed by atoms with Crippen LogP contribution in [0.1, 0.15) is 28.0 Å². The van der Waals surface area contributed by atoms with E-state index in [1.165, 1.54) is 0 Å². The fourth-order valence-corrected chi connectivity index (χ4v) is 1.87. The van der Waals surface area contributed by atoms with Gasteiger partial charge in [-0.05, 0) is 28.7 Å². The lowest BCUT2D eigenvalue weighted by Gasteiger charge is -2.07. The molecule has 0 atom stereocenters. The summed E-state index contributed by atoms with van der Waals surface area (Å²) in [6.07, 6.45) is -2.74. The number of aromatic nitrogens is 1. The van der Waals surface area contributed by atoms with E-state index in [1.54, 1.807) is 22.6 Å². The summed E-state index contributed by atoms with van der Waals surface area (Å²) in [5, 5.41) is 8.75. The van der Waals surface area contributed by atoms with Crippen molar-refractivity contribution in [3.05, 3.63) is 26.6 Å². The van der Waals surface area contributed by atoms with Crippen molar-refractivity contribution in [1.29, 1.82) is 0 Å². The summed E-state index contributed by atoms with van der Waals surface area (Å²) in [4.78, 5) is 14.4. The maximum atomic E-state index is 12.4. The van der Waals surface area contributed by atoms with Gasteiger partial charge in [0.1, 0.15) is 3.70 Å². The molecule has 0 unspecified atom stereocenters. The first kappa shape index (κ1) is 12.6. The molecule has 1 heterocycles. The Morgan fingerprint density at radius 2 is 2.27 bits per heavy atom. The first-order chi connectivity index (χ1) is 6.97. The van der Waals surface area contributed by atoms with Gasteiger partial charge in [0.05, 0.1) is 22.7 Å². The van der Waals surface area contributed by atoms with Crippen LogP contribution in [0.2, 0.25) is 0 Å². The Morgan fingerprint density at radius 1 is 1.67 bits per heavy atom. The minimum Gasteiger partial charge on any atom is -0.478 e. The molecule has 0 spiro atoms. The number of hydrogen-bond donors (Lipinski definition) is 1. The number of carboxylic acid groups (broad SMARTS) is 1. The number of hydrogen-bond acceptors (Lipinski definition) is 2. The van der Waals surface area contributed by atoms with Gasteiger partial charge in [0.15, 0.2) is 0 Å². The normalized spacial score (nSPS) is 10.7. The van der Waals surface area contributed by atoms with E-state index in [0.29, 0.717) is 0 Å². The van der Waals surface area contributed by atoms with Crippen molar-refractivity contribution < 1.29 is 18.7 Å².